The first kappa shape index (κ1) is 18.3. The minimum Gasteiger partial charge on any atom is -0.481 e. The van der Waals surface area contributed by atoms with E-state index in [-0.39, 0.29) is 29.5 Å². The molecular formula is C16H20N2O5S. The smallest absolute Gasteiger partial charge is 0.303 e. The summed E-state index contributed by atoms with van der Waals surface area (Å²) in [7, 11) is 0. The third-order valence-corrected chi connectivity index (χ3v) is 4.93. The number of nitro benzene ring substituents is 1. The number of likely N-dealkylation sites (tertiary alicyclic amines) is 1. The van der Waals surface area contributed by atoms with E-state index in [4.69, 9.17) is 5.11 Å². The standard InChI is InChI=1S/C16H20N2O5S/c1-24-12-5-6-14(18(22)23)13(9-12)16(21)17-8-2-3-11(10-17)4-7-15(19)20/h5-6,9,11H,2-4,7-8,10H2,1H3,(H,19,20). The highest BCUT2D eigenvalue weighted by Crippen LogP contribution is 2.28. The van der Waals surface area contributed by atoms with Crippen molar-refractivity contribution in [3.05, 3.63) is 33.9 Å². The van der Waals surface area contributed by atoms with Crippen molar-refractivity contribution >= 4 is 29.3 Å². The fourth-order valence-corrected chi connectivity index (χ4v) is 3.40. The summed E-state index contributed by atoms with van der Waals surface area (Å²) in [5.41, 5.74) is -0.0869. The number of hydrogen-bond acceptors (Lipinski definition) is 5. The Morgan fingerprint density at radius 1 is 1.46 bits per heavy atom. The molecule has 1 N–H and O–H groups in total. The average molecular weight is 352 g/mol. The number of thioether (sulfide) groups is 1. The number of carboxylic acids is 1. The first-order chi connectivity index (χ1) is 11.4. The zero-order valence-corrected chi connectivity index (χ0v) is 14.3. The number of aliphatic carboxylic acids is 1. The normalized spacial score (nSPS) is 17.5. The van der Waals surface area contributed by atoms with E-state index in [0.717, 1.165) is 17.7 Å². The number of carbonyl (C=O) groups excluding carboxylic acids is 1. The lowest BCUT2D eigenvalue weighted by molar-refractivity contribution is -0.385. The van der Waals surface area contributed by atoms with E-state index in [1.807, 2.05) is 6.26 Å². The SMILES string of the molecule is CSc1ccc([N+](=O)[O-])c(C(=O)N2CCCC(CCC(=O)O)C2)c1. The average Bonchev–Trinajstić information content (AvgIpc) is 2.58. The number of piperidine rings is 1. The number of nitrogens with zero attached hydrogens (tertiary/aromatic N) is 2. The molecule has 0 spiro atoms. The molecule has 1 fully saturated rings. The molecule has 0 aromatic heterocycles. The molecule has 8 heteroatoms. The molecule has 7 nitrogen and oxygen atoms in total. The van der Waals surface area contributed by atoms with Crippen LogP contribution in [0.5, 0.6) is 0 Å². The van der Waals surface area contributed by atoms with E-state index >= 15 is 0 Å². The minimum atomic E-state index is -0.846. The van der Waals surface area contributed by atoms with Gasteiger partial charge in [0.2, 0.25) is 0 Å². The van der Waals surface area contributed by atoms with Crippen molar-refractivity contribution in [2.24, 2.45) is 5.92 Å². The van der Waals surface area contributed by atoms with Gasteiger partial charge in [0.05, 0.1) is 4.92 Å². The third-order valence-electron chi connectivity index (χ3n) is 4.20. The molecule has 1 saturated heterocycles. The summed E-state index contributed by atoms with van der Waals surface area (Å²) in [4.78, 5) is 36.6. The predicted molar refractivity (Wildman–Crippen MR) is 90.4 cm³/mol. The van der Waals surface area contributed by atoms with Crippen molar-refractivity contribution in [2.75, 3.05) is 19.3 Å². The van der Waals surface area contributed by atoms with Gasteiger partial charge in [0.1, 0.15) is 5.56 Å². The van der Waals surface area contributed by atoms with Gasteiger partial charge < -0.3 is 10.0 Å². The van der Waals surface area contributed by atoms with Gasteiger partial charge in [0, 0.05) is 30.5 Å². The number of benzene rings is 1. The van der Waals surface area contributed by atoms with Gasteiger partial charge in [0.25, 0.3) is 11.6 Å². The lowest BCUT2D eigenvalue weighted by Crippen LogP contribution is -2.40. The van der Waals surface area contributed by atoms with Crippen LogP contribution in [-0.4, -0.2) is 46.2 Å². The number of amides is 1. The Morgan fingerprint density at radius 3 is 2.83 bits per heavy atom. The van der Waals surface area contributed by atoms with Crippen LogP contribution in [0.1, 0.15) is 36.0 Å². The molecule has 0 saturated carbocycles. The largest absolute Gasteiger partial charge is 0.481 e. The predicted octanol–water partition coefficient (Wildman–Crippen LogP) is 3.03. The van der Waals surface area contributed by atoms with E-state index in [0.29, 0.717) is 19.5 Å². The van der Waals surface area contributed by atoms with Crippen LogP contribution in [0.2, 0.25) is 0 Å². The van der Waals surface area contributed by atoms with Gasteiger partial charge in [-0.2, -0.15) is 0 Å². The summed E-state index contributed by atoms with van der Waals surface area (Å²) in [6, 6.07) is 4.56. The fraction of sp³-hybridized carbons (Fsp3) is 0.500. The Labute approximate surface area is 144 Å². The molecule has 1 aliphatic heterocycles. The van der Waals surface area contributed by atoms with Crippen LogP contribution < -0.4 is 0 Å². The molecule has 130 valence electrons. The molecule has 0 aliphatic carbocycles. The number of carboxylic acid groups (broad SMARTS) is 1. The van der Waals surface area contributed by atoms with Gasteiger partial charge in [-0.05, 0) is 43.6 Å². The molecule has 1 heterocycles. The van der Waals surface area contributed by atoms with E-state index < -0.39 is 10.9 Å². The fourth-order valence-electron chi connectivity index (χ4n) is 2.96. The Balaban J connectivity index is 2.18. The molecule has 0 bridgehead atoms. The summed E-state index contributed by atoms with van der Waals surface area (Å²) in [6.07, 6.45) is 4.11. The first-order valence-corrected chi connectivity index (χ1v) is 8.98. The molecule has 1 aliphatic rings. The van der Waals surface area contributed by atoms with E-state index in [1.165, 1.54) is 17.8 Å². The van der Waals surface area contributed by atoms with Crippen LogP contribution in [-0.2, 0) is 4.79 Å². The van der Waals surface area contributed by atoms with Crippen molar-refractivity contribution in [2.45, 2.75) is 30.6 Å². The molecule has 1 aromatic rings. The maximum absolute atomic E-state index is 12.8. The van der Waals surface area contributed by atoms with Crippen molar-refractivity contribution < 1.29 is 19.6 Å². The lowest BCUT2D eigenvalue weighted by Gasteiger charge is -2.32. The number of rotatable bonds is 6. The van der Waals surface area contributed by atoms with Crippen molar-refractivity contribution in [1.82, 2.24) is 4.90 Å². The molecule has 1 atom stereocenters. The van der Waals surface area contributed by atoms with E-state index in [1.54, 1.807) is 17.0 Å². The second kappa shape index (κ2) is 8.14. The van der Waals surface area contributed by atoms with Crippen LogP contribution in [0.25, 0.3) is 0 Å². The number of nitro groups is 1. The summed E-state index contributed by atoms with van der Waals surface area (Å²) in [6.45, 7) is 0.996. The van der Waals surface area contributed by atoms with Gasteiger partial charge in [-0.15, -0.1) is 11.8 Å². The summed E-state index contributed by atoms with van der Waals surface area (Å²) >= 11 is 1.42. The number of carbonyl (C=O) groups is 2. The second-order valence-electron chi connectivity index (χ2n) is 5.83. The van der Waals surface area contributed by atoms with Crippen LogP contribution in [0.3, 0.4) is 0 Å². The Morgan fingerprint density at radius 2 is 2.21 bits per heavy atom. The molecule has 1 amide bonds. The monoisotopic (exact) mass is 352 g/mol. The first-order valence-electron chi connectivity index (χ1n) is 7.76. The van der Waals surface area contributed by atoms with Crippen molar-refractivity contribution in [3.63, 3.8) is 0 Å². The van der Waals surface area contributed by atoms with Crippen LogP contribution in [0, 0.1) is 16.0 Å². The lowest BCUT2D eigenvalue weighted by atomic mass is 9.93. The van der Waals surface area contributed by atoms with Crippen molar-refractivity contribution in [3.8, 4) is 0 Å². The van der Waals surface area contributed by atoms with Crippen LogP contribution >= 0.6 is 11.8 Å². The van der Waals surface area contributed by atoms with E-state index in [2.05, 4.69) is 0 Å². The summed E-state index contributed by atoms with van der Waals surface area (Å²) in [5, 5.41) is 20.0. The Bertz CT molecular complexity index is 649. The highest BCUT2D eigenvalue weighted by Gasteiger charge is 2.29. The van der Waals surface area contributed by atoms with Crippen LogP contribution in [0.4, 0.5) is 5.69 Å². The molecule has 1 aromatic carbocycles. The van der Waals surface area contributed by atoms with Gasteiger partial charge in [-0.3, -0.25) is 19.7 Å². The summed E-state index contributed by atoms with van der Waals surface area (Å²) < 4.78 is 0. The Kier molecular flexibility index (Phi) is 6.19. The molecular weight excluding hydrogens is 332 g/mol. The van der Waals surface area contributed by atoms with Gasteiger partial charge in [-0.1, -0.05) is 0 Å². The molecule has 24 heavy (non-hydrogen) atoms. The van der Waals surface area contributed by atoms with Crippen molar-refractivity contribution in [1.29, 1.82) is 0 Å². The van der Waals surface area contributed by atoms with Gasteiger partial charge in [0.15, 0.2) is 0 Å². The zero-order chi connectivity index (χ0) is 17.7. The highest BCUT2D eigenvalue weighted by molar-refractivity contribution is 7.98. The zero-order valence-electron chi connectivity index (χ0n) is 13.4. The number of hydrogen-bond donors (Lipinski definition) is 1. The van der Waals surface area contributed by atoms with Gasteiger partial charge in [-0.25, -0.2) is 0 Å². The molecule has 1 unspecified atom stereocenters. The minimum absolute atomic E-state index is 0.0782. The maximum Gasteiger partial charge on any atom is 0.303 e. The Hall–Kier alpha value is -2.09. The molecule has 2 rings (SSSR count). The van der Waals surface area contributed by atoms with Crippen LogP contribution in [0.15, 0.2) is 23.1 Å². The highest BCUT2D eigenvalue weighted by atomic mass is 32.2. The molecule has 0 radical (unpaired) electrons. The maximum atomic E-state index is 12.8. The second-order valence-corrected chi connectivity index (χ2v) is 6.71. The third kappa shape index (κ3) is 4.47. The quantitative estimate of drug-likeness (QED) is 0.480. The topological polar surface area (TPSA) is 101 Å². The van der Waals surface area contributed by atoms with Gasteiger partial charge >= 0.3 is 5.97 Å². The summed E-state index contributed by atoms with van der Waals surface area (Å²) in [5.74, 6) is -1.07. The van der Waals surface area contributed by atoms with E-state index in [9.17, 15) is 19.7 Å².